The number of hydrogen-bond donors (Lipinski definition) is 1. The van der Waals surface area contributed by atoms with E-state index in [9.17, 15) is 24.2 Å². The van der Waals surface area contributed by atoms with Crippen LogP contribution in [0.15, 0.2) is 63.9 Å². The van der Waals surface area contributed by atoms with Gasteiger partial charge in [0, 0.05) is 11.1 Å². The molecule has 26 heavy (non-hydrogen) atoms. The third-order valence-electron chi connectivity index (χ3n) is 3.21. The zero-order valence-electron chi connectivity index (χ0n) is 12.7. The monoisotopic (exact) mass is 391 g/mol. The molecular weight excluding hydrogens is 381 g/mol. The molecule has 0 aliphatic rings. The Balaban J connectivity index is 1.83. The van der Waals surface area contributed by atoms with Crippen LogP contribution >= 0.6 is 10.2 Å². The van der Waals surface area contributed by atoms with Crippen LogP contribution in [0.1, 0.15) is 10.4 Å². The first-order valence-corrected chi connectivity index (χ1v) is 8.92. The van der Waals surface area contributed by atoms with E-state index in [2.05, 4.69) is 15.5 Å². The minimum absolute atomic E-state index is 0.0710. The van der Waals surface area contributed by atoms with Gasteiger partial charge in [0.2, 0.25) is 5.89 Å². The molecule has 1 aromatic heterocycles. The highest BCUT2D eigenvalue weighted by Gasteiger charge is 2.65. The first-order chi connectivity index (χ1) is 11.9. The molecule has 138 valence electrons. The molecule has 0 saturated heterocycles. The summed E-state index contributed by atoms with van der Waals surface area (Å²) in [6.07, 6.45) is 0. The smallest absolute Gasteiger partial charge is 0.322 e. The summed E-state index contributed by atoms with van der Waals surface area (Å²) in [5.41, 5.74) is -0.0707. The number of aromatic nitrogens is 2. The Kier molecular flexibility index (Phi) is 3.62. The molecule has 3 aromatic rings. The van der Waals surface area contributed by atoms with Crippen LogP contribution in [0.5, 0.6) is 0 Å². The van der Waals surface area contributed by atoms with E-state index in [1.54, 1.807) is 30.3 Å². The van der Waals surface area contributed by atoms with Gasteiger partial charge in [-0.2, -0.15) is 0 Å². The molecule has 0 aliphatic heterocycles. The standard InChI is InChI=1S/C15H10F5N3O2S/c16-26(17,18,19,20)12-8-4-7-11(9-12)13(24)21-15-23-22-14(25-15)10-5-2-1-3-6-10/h1-9H,(H,21,23,24). The van der Waals surface area contributed by atoms with Gasteiger partial charge in [0.05, 0.1) is 0 Å². The van der Waals surface area contributed by atoms with Crippen molar-refractivity contribution in [1.29, 1.82) is 0 Å². The molecule has 1 N–H and O–H groups in total. The van der Waals surface area contributed by atoms with Crippen LogP contribution < -0.4 is 5.32 Å². The van der Waals surface area contributed by atoms with Crippen LogP contribution in [-0.4, -0.2) is 16.1 Å². The zero-order valence-corrected chi connectivity index (χ0v) is 13.5. The van der Waals surface area contributed by atoms with Crippen LogP contribution in [0.4, 0.5) is 25.4 Å². The summed E-state index contributed by atoms with van der Waals surface area (Å²) >= 11 is 0. The zero-order chi connectivity index (χ0) is 19.1. The van der Waals surface area contributed by atoms with Crippen molar-refractivity contribution < 1.29 is 28.6 Å². The van der Waals surface area contributed by atoms with Crippen LogP contribution in [-0.2, 0) is 0 Å². The van der Waals surface area contributed by atoms with Crippen molar-refractivity contribution in [1.82, 2.24) is 10.2 Å². The molecule has 0 aliphatic carbocycles. The molecule has 2 aromatic carbocycles. The van der Waals surface area contributed by atoms with Gasteiger partial charge in [0.15, 0.2) is 0 Å². The Bertz CT molecular complexity index is 974. The van der Waals surface area contributed by atoms with Gasteiger partial charge in [0.25, 0.3) is 5.91 Å². The van der Waals surface area contributed by atoms with Gasteiger partial charge < -0.3 is 4.42 Å². The largest absolute Gasteiger partial charge is 0.403 e. The van der Waals surface area contributed by atoms with E-state index >= 15 is 0 Å². The maximum Gasteiger partial charge on any atom is 0.322 e. The van der Waals surface area contributed by atoms with Gasteiger partial charge in [0.1, 0.15) is 4.90 Å². The predicted molar refractivity (Wildman–Crippen MR) is 85.5 cm³/mol. The molecule has 1 amide bonds. The van der Waals surface area contributed by atoms with Crippen LogP contribution in [0, 0.1) is 0 Å². The van der Waals surface area contributed by atoms with E-state index in [0.29, 0.717) is 11.6 Å². The second-order valence-corrected chi connectivity index (χ2v) is 7.64. The lowest BCUT2D eigenvalue weighted by Crippen LogP contribution is -2.14. The summed E-state index contributed by atoms with van der Waals surface area (Å²) in [6, 6.07) is 10.1. The summed E-state index contributed by atoms with van der Waals surface area (Å²) in [7, 11) is -9.89. The lowest BCUT2D eigenvalue weighted by Gasteiger charge is -2.40. The third-order valence-corrected chi connectivity index (χ3v) is 4.35. The van der Waals surface area contributed by atoms with Gasteiger partial charge in [-0.05, 0) is 30.3 Å². The number of rotatable bonds is 4. The Hall–Kier alpha value is -2.95. The van der Waals surface area contributed by atoms with E-state index in [1.165, 1.54) is 0 Å². The van der Waals surface area contributed by atoms with Crippen molar-refractivity contribution >= 4 is 22.1 Å². The lowest BCUT2D eigenvalue weighted by molar-refractivity contribution is 0.102. The normalized spacial score (nSPS) is 14.3. The summed E-state index contributed by atoms with van der Waals surface area (Å²) in [6.45, 7) is 0. The number of carbonyl (C=O) groups excluding carboxylic acids is 1. The van der Waals surface area contributed by atoms with Gasteiger partial charge in [-0.15, -0.1) is 5.10 Å². The highest BCUT2D eigenvalue weighted by atomic mass is 32.5. The molecule has 0 saturated carbocycles. The summed E-state index contributed by atoms with van der Waals surface area (Å²) in [4.78, 5) is 9.85. The maximum absolute atomic E-state index is 12.8. The Morgan fingerprint density at radius 3 is 2.27 bits per heavy atom. The average molecular weight is 391 g/mol. The first kappa shape index (κ1) is 17.9. The van der Waals surface area contributed by atoms with E-state index in [0.717, 1.165) is 6.07 Å². The number of halogens is 5. The number of amides is 1. The van der Waals surface area contributed by atoms with E-state index in [1.807, 2.05) is 0 Å². The molecule has 1 heterocycles. The van der Waals surface area contributed by atoms with Crippen molar-refractivity contribution in [3.05, 3.63) is 60.2 Å². The van der Waals surface area contributed by atoms with E-state index < -0.39 is 26.6 Å². The lowest BCUT2D eigenvalue weighted by atomic mass is 10.2. The van der Waals surface area contributed by atoms with Gasteiger partial charge in [-0.1, -0.05) is 48.8 Å². The Morgan fingerprint density at radius 1 is 0.923 bits per heavy atom. The first-order valence-electron chi connectivity index (χ1n) is 6.97. The third kappa shape index (κ3) is 3.99. The molecule has 11 heteroatoms. The highest BCUT2D eigenvalue weighted by molar-refractivity contribution is 8.45. The molecule has 0 spiro atoms. The molecule has 0 unspecified atom stereocenters. The van der Waals surface area contributed by atoms with Crippen molar-refractivity contribution in [2.75, 3.05) is 5.32 Å². The highest BCUT2D eigenvalue weighted by Crippen LogP contribution is 3.02. The summed E-state index contributed by atoms with van der Waals surface area (Å²) < 4.78 is 69.4. The Morgan fingerprint density at radius 2 is 1.62 bits per heavy atom. The number of benzene rings is 2. The second kappa shape index (κ2) is 5.27. The number of nitrogens with one attached hydrogen (secondary N) is 1. The molecule has 5 nitrogen and oxygen atoms in total. The second-order valence-electron chi connectivity index (χ2n) is 5.23. The van der Waals surface area contributed by atoms with Crippen molar-refractivity contribution in [2.24, 2.45) is 0 Å². The van der Waals surface area contributed by atoms with Crippen molar-refractivity contribution in [2.45, 2.75) is 4.90 Å². The van der Waals surface area contributed by atoms with Crippen molar-refractivity contribution in [3.8, 4) is 11.5 Å². The number of carbonyl (C=O) groups is 1. The number of anilines is 1. The maximum atomic E-state index is 12.8. The van der Waals surface area contributed by atoms with Gasteiger partial charge in [-0.25, -0.2) is 0 Å². The van der Waals surface area contributed by atoms with Crippen LogP contribution in [0.25, 0.3) is 11.5 Å². The Labute approximate surface area is 143 Å². The van der Waals surface area contributed by atoms with Crippen molar-refractivity contribution in [3.63, 3.8) is 0 Å². The molecule has 0 bridgehead atoms. The summed E-state index contributed by atoms with van der Waals surface area (Å²) in [5.74, 6) is -1.03. The fourth-order valence-electron chi connectivity index (χ4n) is 2.02. The van der Waals surface area contributed by atoms with Crippen LogP contribution in [0.3, 0.4) is 0 Å². The quantitative estimate of drug-likeness (QED) is 0.584. The number of nitrogens with zero attached hydrogens (tertiary/aromatic N) is 2. The van der Waals surface area contributed by atoms with Gasteiger partial charge >= 0.3 is 16.2 Å². The minimum atomic E-state index is -9.89. The minimum Gasteiger partial charge on any atom is -0.403 e. The van der Waals surface area contributed by atoms with Gasteiger partial charge in [-0.3, -0.25) is 10.1 Å². The van der Waals surface area contributed by atoms with Crippen LogP contribution in [0.2, 0.25) is 0 Å². The average Bonchev–Trinajstić information content (AvgIpc) is 3.02. The molecule has 3 rings (SSSR count). The molecular formula is C15H10F5N3O2S. The predicted octanol–water partition coefficient (Wildman–Crippen LogP) is 5.65. The molecule has 0 radical (unpaired) electrons. The summed E-state index contributed by atoms with van der Waals surface area (Å²) in [5, 5.41) is 9.31. The molecule has 0 fully saturated rings. The topological polar surface area (TPSA) is 68.0 Å². The fraction of sp³-hybridized carbons (Fsp3) is 0. The fourth-order valence-corrected chi connectivity index (χ4v) is 2.70. The van der Waals surface area contributed by atoms with E-state index in [4.69, 9.17) is 4.42 Å². The number of hydrogen-bond acceptors (Lipinski definition) is 4. The van der Waals surface area contributed by atoms with E-state index in [-0.39, 0.29) is 24.0 Å². The molecule has 0 atom stereocenters. The SMILES string of the molecule is O=C(Nc1nnc(-c2ccccc2)o1)c1cccc(S(F)(F)(F)(F)F)c1.